The Balaban J connectivity index is 0.00000180. The monoisotopic (exact) mass is 286 g/mol. The van der Waals surface area contributed by atoms with Crippen molar-refractivity contribution < 1.29 is 14.3 Å². The fourth-order valence-electron chi connectivity index (χ4n) is 1.76. The van der Waals surface area contributed by atoms with Crippen LogP contribution in [0.25, 0.3) is 0 Å². The van der Waals surface area contributed by atoms with Gasteiger partial charge in [-0.2, -0.15) is 0 Å². The first-order chi connectivity index (χ1) is 8.79. The number of halogens is 1. The molecule has 2 N–H and O–H groups in total. The molecule has 1 aromatic carbocycles. The summed E-state index contributed by atoms with van der Waals surface area (Å²) >= 11 is 0. The van der Waals surface area contributed by atoms with Gasteiger partial charge in [-0.05, 0) is 31.2 Å². The zero-order chi connectivity index (χ0) is 12.8. The third-order valence-corrected chi connectivity index (χ3v) is 2.67. The molecule has 106 valence electrons. The number of morpholine rings is 1. The van der Waals surface area contributed by atoms with Crippen molar-refractivity contribution in [2.75, 3.05) is 31.7 Å². The fourth-order valence-corrected chi connectivity index (χ4v) is 1.76. The number of carbonyl (C=O) groups is 1. The van der Waals surface area contributed by atoms with Crippen molar-refractivity contribution in [3.05, 3.63) is 24.3 Å². The van der Waals surface area contributed by atoms with Crippen LogP contribution in [0.5, 0.6) is 5.75 Å². The number of hydrogen-bond acceptors (Lipinski definition) is 4. The summed E-state index contributed by atoms with van der Waals surface area (Å²) in [5.74, 6) is 0.730. The molecule has 1 saturated heterocycles. The first-order valence-corrected chi connectivity index (χ1v) is 6.14. The predicted molar refractivity (Wildman–Crippen MR) is 76.1 cm³/mol. The third-order valence-electron chi connectivity index (χ3n) is 2.67. The van der Waals surface area contributed by atoms with Crippen LogP contribution in [0.2, 0.25) is 0 Å². The van der Waals surface area contributed by atoms with Crippen LogP contribution in [0.3, 0.4) is 0 Å². The van der Waals surface area contributed by atoms with Crippen LogP contribution in [0.4, 0.5) is 5.69 Å². The van der Waals surface area contributed by atoms with Gasteiger partial charge in [-0.3, -0.25) is 4.79 Å². The summed E-state index contributed by atoms with van der Waals surface area (Å²) in [5.41, 5.74) is 0.760. The average molecular weight is 287 g/mol. The number of amides is 1. The van der Waals surface area contributed by atoms with Gasteiger partial charge in [0.15, 0.2) is 0 Å². The first-order valence-electron chi connectivity index (χ1n) is 6.14. The van der Waals surface area contributed by atoms with Crippen molar-refractivity contribution in [1.82, 2.24) is 5.32 Å². The van der Waals surface area contributed by atoms with E-state index < -0.39 is 0 Å². The van der Waals surface area contributed by atoms with Crippen LogP contribution < -0.4 is 15.4 Å². The summed E-state index contributed by atoms with van der Waals surface area (Å²) in [4.78, 5) is 11.9. The number of anilines is 1. The lowest BCUT2D eigenvalue weighted by molar-refractivity contribution is -0.120. The molecule has 1 aliphatic rings. The lowest BCUT2D eigenvalue weighted by atomic mass is 10.2. The fraction of sp³-hybridized carbons (Fsp3) is 0.462. The molecule has 0 spiro atoms. The smallest absolute Gasteiger partial charge is 0.243 e. The number of carbonyl (C=O) groups excluding carboxylic acids is 1. The molecule has 1 aliphatic heterocycles. The molecule has 1 atom stereocenters. The molecule has 0 aliphatic carbocycles. The number of benzene rings is 1. The molecule has 0 aromatic heterocycles. The Kier molecular flexibility index (Phi) is 6.62. The summed E-state index contributed by atoms with van der Waals surface area (Å²) < 4.78 is 10.6. The standard InChI is InChI=1S/C13H18N2O3.ClH/c1-2-18-11-5-3-10(4-6-11)15-13(16)12-9-17-8-7-14-12;/h3-6,12,14H,2,7-9H2,1H3,(H,15,16);1H. The Hall–Kier alpha value is -1.30. The van der Waals surface area contributed by atoms with Crippen LogP contribution >= 0.6 is 12.4 Å². The molecule has 19 heavy (non-hydrogen) atoms. The molecule has 0 radical (unpaired) electrons. The summed E-state index contributed by atoms with van der Waals surface area (Å²) in [6, 6.07) is 7.05. The molecule has 6 heteroatoms. The lowest BCUT2D eigenvalue weighted by Crippen LogP contribution is -2.48. The van der Waals surface area contributed by atoms with Gasteiger partial charge in [0, 0.05) is 12.2 Å². The van der Waals surface area contributed by atoms with Gasteiger partial charge in [0.1, 0.15) is 11.8 Å². The molecule has 1 amide bonds. The van der Waals surface area contributed by atoms with Crippen LogP contribution in [0.15, 0.2) is 24.3 Å². The summed E-state index contributed by atoms with van der Waals surface area (Å²) in [6.07, 6.45) is 0. The summed E-state index contributed by atoms with van der Waals surface area (Å²) in [7, 11) is 0. The molecule has 1 aromatic rings. The lowest BCUT2D eigenvalue weighted by Gasteiger charge is -2.22. The van der Waals surface area contributed by atoms with Crippen LogP contribution in [-0.2, 0) is 9.53 Å². The van der Waals surface area contributed by atoms with E-state index in [2.05, 4.69) is 10.6 Å². The van der Waals surface area contributed by atoms with E-state index in [0.29, 0.717) is 26.4 Å². The van der Waals surface area contributed by atoms with E-state index in [-0.39, 0.29) is 24.4 Å². The Morgan fingerprint density at radius 2 is 2.21 bits per heavy atom. The van der Waals surface area contributed by atoms with Gasteiger partial charge in [-0.25, -0.2) is 0 Å². The molecule has 2 rings (SSSR count). The number of nitrogens with one attached hydrogen (secondary N) is 2. The maximum atomic E-state index is 11.9. The van der Waals surface area contributed by atoms with E-state index >= 15 is 0 Å². The minimum Gasteiger partial charge on any atom is -0.494 e. The first kappa shape index (κ1) is 15.8. The molecule has 5 nitrogen and oxygen atoms in total. The Morgan fingerprint density at radius 3 is 2.79 bits per heavy atom. The van der Waals surface area contributed by atoms with Crippen molar-refractivity contribution in [2.24, 2.45) is 0 Å². The maximum absolute atomic E-state index is 11.9. The molecule has 0 bridgehead atoms. The van der Waals surface area contributed by atoms with Gasteiger partial charge in [-0.1, -0.05) is 0 Å². The second-order valence-corrected chi connectivity index (χ2v) is 4.03. The second-order valence-electron chi connectivity index (χ2n) is 4.03. The SMILES string of the molecule is CCOc1ccc(NC(=O)C2COCCN2)cc1.Cl. The topological polar surface area (TPSA) is 59.6 Å². The zero-order valence-corrected chi connectivity index (χ0v) is 11.7. The van der Waals surface area contributed by atoms with Crippen molar-refractivity contribution in [1.29, 1.82) is 0 Å². The third kappa shape index (κ3) is 4.70. The number of rotatable bonds is 4. The van der Waals surface area contributed by atoms with Gasteiger partial charge >= 0.3 is 0 Å². The Labute approximate surface area is 119 Å². The Morgan fingerprint density at radius 1 is 1.47 bits per heavy atom. The molecule has 1 unspecified atom stereocenters. The van der Waals surface area contributed by atoms with Gasteiger partial charge in [0.25, 0.3) is 0 Å². The van der Waals surface area contributed by atoms with E-state index in [9.17, 15) is 4.79 Å². The van der Waals surface area contributed by atoms with Crippen molar-refractivity contribution in [3.63, 3.8) is 0 Å². The van der Waals surface area contributed by atoms with E-state index in [0.717, 1.165) is 11.4 Å². The zero-order valence-electron chi connectivity index (χ0n) is 10.8. The number of hydrogen-bond donors (Lipinski definition) is 2. The summed E-state index contributed by atoms with van der Waals surface area (Å²) in [5, 5.41) is 5.95. The molecule has 1 heterocycles. The largest absolute Gasteiger partial charge is 0.494 e. The van der Waals surface area contributed by atoms with Gasteiger partial charge in [0.05, 0.1) is 19.8 Å². The predicted octanol–water partition coefficient (Wildman–Crippen LogP) is 1.43. The molecular weight excluding hydrogens is 268 g/mol. The highest BCUT2D eigenvalue weighted by atomic mass is 35.5. The average Bonchev–Trinajstić information content (AvgIpc) is 2.42. The van der Waals surface area contributed by atoms with Gasteiger partial charge in [-0.15, -0.1) is 12.4 Å². The molecule has 0 saturated carbocycles. The van der Waals surface area contributed by atoms with Crippen molar-refractivity contribution in [3.8, 4) is 5.75 Å². The highest BCUT2D eigenvalue weighted by molar-refractivity contribution is 5.95. The van der Waals surface area contributed by atoms with Crippen molar-refractivity contribution in [2.45, 2.75) is 13.0 Å². The molecule has 1 fully saturated rings. The van der Waals surface area contributed by atoms with Gasteiger partial charge < -0.3 is 20.1 Å². The van der Waals surface area contributed by atoms with Crippen LogP contribution in [0.1, 0.15) is 6.92 Å². The maximum Gasteiger partial charge on any atom is 0.243 e. The highest BCUT2D eigenvalue weighted by Crippen LogP contribution is 2.15. The summed E-state index contributed by atoms with van der Waals surface area (Å²) in [6.45, 7) is 4.36. The Bertz CT molecular complexity index is 391. The van der Waals surface area contributed by atoms with E-state index in [1.54, 1.807) is 0 Å². The van der Waals surface area contributed by atoms with Crippen LogP contribution in [0, 0.1) is 0 Å². The van der Waals surface area contributed by atoms with E-state index in [1.807, 2.05) is 31.2 Å². The normalized spacial score (nSPS) is 18.3. The number of ether oxygens (including phenoxy) is 2. The van der Waals surface area contributed by atoms with Crippen LogP contribution in [-0.4, -0.2) is 38.3 Å². The highest BCUT2D eigenvalue weighted by Gasteiger charge is 2.20. The second kappa shape index (κ2) is 7.99. The van der Waals surface area contributed by atoms with E-state index in [4.69, 9.17) is 9.47 Å². The quantitative estimate of drug-likeness (QED) is 0.879. The minimum atomic E-state index is -0.273. The van der Waals surface area contributed by atoms with Crippen molar-refractivity contribution >= 4 is 24.0 Å². The molecular formula is C13H19ClN2O3. The van der Waals surface area contributed by atoms with Gasteiger partial charge in [0.2, 0.25) is 5.91 Å². The van der Waals surface area contributed by atoms with E-state index in [1.165, 1.54) is 0 Å². The minimum absolute atomic E-state index is 0.